The summed E-state index contributed by atoms with van der Waals surface area (Å²) < 4.78 is 5.03. The number of Topliss-reactive ketones (excluding diaryl/α,β-unsaturated/α-hetero) is 1. The third kappa shape index (κ3) is 2.06. The van der Waals surface area contributed by atoms with E-state index >= 15 is 0 Å². The summed E-state index contributed by atoms with van der Waals surface area (Å²) in [7, 11) is 1.57. The number of aromatic nitrogens is 1. The minimum atomic E-state index is 0.0823. The Balaban J connectivity index is 2.24. The van der Waals surface area contributed by atoms with Crippen LogP contribution in [0, 0.1) is 0 Å². The Morgan fingerprint density at radius 1 is 1.47 bits per heavy atom. The Morgan fingerprint density at radius 2 is 2.33 bits per heavy atom. The molecule has 0 N–H and O–H groups in total. The maximum atomic E-state index is 12.0. The summed E-state index contributed by atoms with van der Waals surface area (Å²) in [5.74, 6) is 0.707. The van der Waals surface area contributed by atoms with Crippen molar-refractivity contribution in [3.8, 4) is 5.75 Å². The Kier molecular flexibility index (Phi) is 2.81. The van der Waals surface area contributed by atoms with E-state index in [0.717, 1.165) is 24.8 Å². The fraction of sp³-hybridized carbons (Fsp3) is 0.333. The average molecular weight is 203 g/mol. The van der Waals surface area contributed by atoms with Crippen LogP contribution in [0.4, 0.5) is 0 Å². The first-order chi connectivity index (χ1) is 7.31. The summed E-state index contributed by atoms with van der Waals surface area (Å²) in [4.78, 5) is 15.9. The molecule has 0 atom stereocenters. The van der Waals surface area contributed by atoms with Gasteiger partial charge in [-0.15, -0.1) is 0 Å². The number of pyridine rings is 1. The maximum Gasteiger partial charge on any atom is 0.190 e. The fourth-order valence-corrected chi connectivity index (χ4v) is 1.72. The molecule has 0 saturated heterocycles. The molecule has 0 spiro atoms. The van der Waals surface area contributed by atoms with Crippen LogP contribution in [0.2, 0.25) is 0 Å². The molecule has 0 saturated carbocycles. The predicted molar refractivity (Wildman–Crippen MR) is 57.1 cm³/mol. The molecule has 0 fully saturated rings. The van der Waals surface area contributed by atoms with E-state index in [-0.39, 0.29) is 5.78 Å². The van der Waals surface area contributed by atoms with Crippen LogP contribution in [0.5, 0.6) is 5.75 Å². The van der Waals surface area contributed by atoms with Gasteiger partial charge in [-0.1, -0.05) is 6.08 Å². The Morgan fingerprint density at radius 3 is 3.00 bits per heavy atom. The second-order valence-corrected chi connectivity index (χ2v) is 3.56. The number of carbonyl (C=O) groups excluding carboxylic acids is 1. The Labute approximate surface area is 88.8 Å². The number of methoxy groups -OCH3 is 1. The van der Waals surface area contributed by atoms with E-state index in [4.69, 9.17) is 4.74 Å². The minimum Gasteiger partial charge on any atom is -0.495 e. The van der Waals surface area contributed by atoms with Gasteiger partial charge in [-0.05, 0) is 30.9 Å². The molecule has 2 rings (SSSR count). The van der Waals surface area contributed by atoms with Gasteiger partial charge in [0, 0.05) is 11.8 Å². The lowest BCUT2D eigenvalue weighted by Gasteiger charge is -2.03. The molecule has 1 aliphatic rings. The van der Waals surface area contributed by atoms with Crippen LogP contribution in [0.15, 0.2) is 30.1 Å². The van der Waals surface area contributed by atoms with E-state index in [1.807, 2.05) is 6.08 Å². The van der Waals surface area contributed by atoms with Crippen molar-refractivity contribution >= 4 is 5.78 Å². The maximum absolute atomic E-state index is 12.0. The molecule has 3 nitrogen and oxygen atoms in total. The molecular weight excluding hydrogens is 190 g/mol. The minimum absolute atomic E-state index is 0.0823. The van der Waals surface area contributed by atoms with Crippen molar-refractivity contribution in [2.24, 2.45) is 0 Å². The van der Waals surface area contributed by atoms with Crippen LogP contribution in [-0.2, 0) is 0 Å². The largest absolute Gasteiger partial charge is 0.495 e. The summed E-state index contributed by atoms with van der Waals surface area (Å²) in [6.07, 6.45) is 8.18. The standard InChI is InChI=1S/C12H13NO2/c1-15-11-6-10(7-13-8-11)12(14)9-4-2-3-5-9/h4,6-8H,2-3,5H2,1H3. The van der Waals surface area contributed by atoms with Crippen LogP contribution < -0.4 is 4.74 Å². The van der Waals surface area contributed by atoms with Gasteiger partial charge in [0.1, 0.15) is 5.75 Å². The number of ether oxygens (including phenoxy) is 1. The van der Waals surface area contributed by atoms with Gasteiger partial charge >= 0.3 is 0 Å². The van der Waals surface area contributed by atoms with Crippen LogP contribution in [0.1, 0.15) is 29.6 Å². The van der Waals surface area contributed by atoms with Crippen molar-refractivity contribution < 1.29 is 9.53 Å². The molecule has 0 bridgehead atoms. The zero-order valence-electron chi connectivity index (χ0n) is 8.69. The topological polar surface area (TPSA) is 39.2 Å². The first-order valence-corrected chi connectivity index (χ1v) is 5.04. The molecule has 1 aliphatic carbocycles. The summed E-state index contributed by atoms with van der Waals surface area (Å²) >= 11 is 0. The molecule has 15 heavy (non-hydrogen) atoms. The number of nitrogens with zero attached hydrogens (tertiary/aromatic N) is 1. The van der Waals surface area contributed by atoms with Gasteiger partial charge in [0.2, 0.25) is 0 Å². The highest BCUT2D eigenvalue weighted by atomic mass is 16.5. The zero-order chi connectivity index (χ0) is 10.7. The highest BCUT2D eigenvalue weighted by molar-refractivity contribution is 6.08. The van der Waals surface area contributed by atoms with Gasteiger partial charge in [-0.3, -0.25) is 9.78 Å². The molecule has 78 valence electrons. The lowest BCUT2D eigenvalue weighted by molar-refractivity contribution is 0.103. The van der Waals surface area contributed by atoms with Crippen LogP contribution in [-0.4, -0.2) is 17.9 Å². The predicted octanol–water partition coefficient (Wildman–Crippen LogP) is 2.38. The van der Waals surface area contributed by atoms with Gasteiger partial charge in [0.25, 0.3) is 0 Å². The lowest BCUT2D eigenvalue weighted by atomic mass is 10.1. The molecule has 1 aromatic heterocycles. The number of hydrogen-bond donors (Lipinski definition) is 0. The highest BCUT2D eigenvalue weighted by Gasteiger charge is 2.15. The first-order valence-electron chi connectivity index (χ1n) is 5.04. The average Bonchev–Trinajstić information content (AvgIpc) is 2.81. The quantitative estimate of drug-likeness (QED) is 0.708. The van der Waals surface area contributed by atoms with Crippen molar-refractivity contribution in [2.75, 3.05) is 7.11 Å². The van der Waals surface area contributed by atoms with Crippen LogP contribution >= 0.6 is 0 Å². The second kappa shape index (κ2) is 4.26. The van der Waals surface area contributed by atoms with Crippen molar-refractivity contribution in [3.05, 3.63) is 35.7 Å². The fourth-order valence-electron chi connectivity index (χ4n) is 1.72. The molecule has 0 aromatic carbocycles. The van der Waals surface area contributed by atoms with E-state index in [0.29, 0.717) is 11.3 Å². The first kappa shape index (κ1) is 9.90. The third-order valence-corrected chi connectivity index (χ3v) is 2.54. The smallest absolute Gasteiger partial charge is 0.190 e. The van der Waals surface area contributed by atoms with E-state index < -0.39 is 0 Å². The third-order valence-electron chi connectivity index (χ3n) is 2.54. The Hall–Kier alpha value is -1.64. The molecule has 0 unspecified atom stereocenters. The van der Waals surface area contributed by atoms with Crippen molar-refractivity contribution in [1.82, 2.24) is 4.98 Å². The van der Waals surface area contributed by atoms with Gasteiger partial charge < -0.3 is 4.74 Å². The summed E-state index contributed by atoms with van der Waals surface area (Å²) in [6, 6.07) is 1.73. The van der Waals surface area contributed by atoms with Gasteiger partial charge in [-0.2, -0.15) is 0 Å². The summed E-state index contributed by atoms with van der Waals surface area (Å²) in [6.45, 7) is 0. The number of rotatable bonds is 3. The van der Waals surface area contributed by atoms with E-state index in [1.54, 1.807) is 25.6 Å². The van der Waals surface area contributed by atoms with Gasteiger partial charge in [-0.25, -0.2) is 0 Å². The van der Waals surface area contributed by atoms with Gasteiger partial charge in [0.15, 0.2) is 5.78 Å². The lowest BCUT2D eigenvalue weighted by Crippen LogP contribution is -2.02. The van der Waals surface area contributed by atoms with E-state index in [2.05, 4.69) is 4.98 Å². The van der Waals surface area contributed by atoms with Gasteiger partial charge in [0.05, 0.1) is 13.3 Å². The number of carbonyl (C=O) groups is 1. The molecule has 1 heterocycles. The molecule has 0 radical (unpaired) electrons. The summed E-state index contributed by atoms with van der Waals surface area (Å²) in [5, 5.41) is 0. The van der Waals surface area contributed by atoms with Crippen LogP contribution in [0.25, 0.3) is 0 Å². The van der Waals surface area contributed by atoms with Crippen LogP contribution in [0.3, 0.4) is 0 Å². The molecule has 3 heteroatoms. The Bertz CT molecular complexity index is 410. The molecule has 1 aromatic rings. The normalized spacial score (nSPS) is 14.9. The second-order valence-electron chi connectivity index (χ2n) is 3.56. The van der Waals surface area contributed by atoms with E-state index in [9.17, 15) is 4.79 Å². The molecule has 0 amide bonds. The number of allylic oxidation sites excluding steroid dienone is 2. The summed E-state index contributed by atoms with van der Waals surface area (Å²) in [5.41, 5.74) is 1.52. The molecule has 0 aliphatic heterocycles. The monoisotopic (exact) mass is 203 g/mol. The highest BCUT2D eigenvalue weighted by Crippen LogP contribution is 2.22. The van der Waals surface area contributed by atoms with Crippen molar-refractivity contribution in [3.63, 3.8) is 0 Å². The van der Waals surface area contributed by atoms with Crippen molar-refractivity contribution in [2.45, 2.75) is 19.3 Å². The van der Waals surface area contributed by atoms with Crippen molar-refractivity contribution in [1.29, 1.82) is 0 Å². The number of hydrogen-bond acceptors (Lipinski definition) is 3. The zero-order valence-corrected chi connectivity index (χ0v) is 8.69. The van der Waals surface area contributed by atoms with E-state index in [1.165, 1.54) is 0 Å². The SMILES string of the molecule is COc1cncc(C(=O)C2=CCCC2)c1. The number of ketones is 1. The molecular formula is C12H13NO2.